The number of nitrogens with zero attached hydrogens (tertiary/aromatic N) is 3. The Morgan fingerprint density at radius 2 is 2.05 bits per heavy atom. The van der Waals surface area contributed by atoms with E-state index in [0.717, 1.165) is 6.54 Å². The van der Waals surface area contributed by atoms with Crippen LogP contribution in [0.25, 0.3) is 0 Å². The van der Waals surface area contributed by atoms with Gasteiger partial charge < -0.3 is 10.3 Å². The molecule has 108 valence electrons. The van der Waals surface area contributed by atoms with Gasteiger partial charge in [0, 0.05) is 6.54 Å². The summed E-state index contributed by atoms with van der Waals surface area (Å²) in [5.74, 6) is 1.13. The van der Waals surface area contributed by atoms with Crippen LogP contribution in [0.2, 0.25) is 0 Å². The molecule has 0 aliphatic heterocycles. The number of benzene rings is 1. The first-order valence-electron chi connectivity index (χ1n) is 6.70. The number of aryl methyl sites for hydroxylation is 1. The fourth-order valence-electron chi connectivity index (χ4n) is 1.99. The molecule has 0 saturated carbocycles. The van der Waals surface area contributed by atoms with E-state index in [1.54, 1.807) is 0 Å². The van der Waals surface area contributed by atoms with E-state index in [1.165, 1.54) is 11.1 Å². The van der Waals surface area contributed by atoms with E-state index in [2.05, 4.69) is 46.2 Å². The predicted octanol–water partition coefficient (Wildman–Crippen LogP) is 2.20. The molecule has 0 radical (unpaired) electrons. The topological polar surface area (TPSA) is 68.2 Å². The van der Waals surface area contributed by atoms with Crippen molar-refractivity contribution in [1.29, 1.82) is 0 Å². The Balaban J connectivity index is 1.98. The fraction of sp³-hybridized carbons (Fsp3) is 0.467. The summed E-state index contributed by atoms with van der Waals surface area (Å²) >= 11 is 0. The summed E-state index contributed by atoms with van der Waals surface area (Å²) in [5.41, 5.74) is 7.90. The van der Waals surface area contributed by atoms with Gasteiger partial charge >= 0.3 is 0 Å². The number of nitrogens with two attached hydrogens (primary N) is 1. The molecule has 0 amide bonds. The Hall–Kier alpha value is -1.72. The van der Waals surface area contributed by atoms with Gasteiger partial charge in [-0.25, -0.2) is 0 Å². The molecule has 20 heavy (non-hydrogen) atoms. The van der Waals surface area contributed by atoms with Gasteiger partial charge in [-0.15, -0.1) is 0 Å². The lowest BCUT2D eigenvalue weighted by Gasteiger charge is -2.14. The average molecular weight is 274 g/mol. The fourth-order valence-corrected chi connectivity index (χ4v) is 1.99. The highest BCUT2D eigenvalue weighted by Gasteiger charge is 2.21. The Bertz CT molecular complexity index is 571. The second kappa shape index (κ2) is 5.73. The zero-order valence-corrected chi connectivity index (χ0v) is 12.6. The summed E-state index contributed by atoms with van der Waals surface area (Å²) in [6.45, 7) is 7.26. The summed E-state index contributed by atoms with van der Waals surface area (Å²) < 4.78 is 5.24. The Morgan fingerprint density at radius 1 is 1.30 bits per heavy atom. The van der Waals surface area contributed by atoms with Gasteiger partial charge in [0.15, 0.2) is 5.82 Å². The van der Waals surface area contributed by atoms with Gasteiger partial charge in [-0.1, -0.05) is 35.0 Å². The predicted molar refractivity (Wildman–Crippen MR) is 77.9 cm³/mol. The highest BCUT2D eigenvalue weighted by molar-refractivity contribution is 5.22. The lowest BCUT2D eigenvalue weighted by atomic mass is 10.1. The molecule has 0 fully saturated rings. The van der Waals surface area contributed by atoms with Crippen LogP contribution < -0.4 is 5.73 Å². The van der Waals surface area contributed by atoms with Crippen LogP contribution in [-0.4, -0.2) is 22.1 Å². The Morgan fingerprint density at radius 3 is 2.65 bits per heavy atom. The standard InChI is InChI=1S/C15H22N4O/c1-11-6-5-7-12(8-11)9-19(4)10-13-17-14(18-20-13)15(2,3)16/h5-8H,9-10,16H2,1-4H3. The van der Waals surface area contributed by atoms with E-state index < -0.39 is 5.54 Å². The average Bonchev–Trinajstić information content (AvgIpc) is 2.76. The molecule has 0 saturated heterocycles. The van der Waals surface area contributed by atoms with E-state index in [1.807, 2.05) is 20.9 Å². The molecular weight excluding hydrogens is 252 g/mol. The molecule has 2 rings (SSSR count). The molecule has 0 aliphatic carbocycles. The highest BCUT2D eigenvalue weighted by Crippen LogP contribution is 2.14. The first-order valence-corrected chi connectivity index (χ1v) is 6.70. The van der Waals surface area contributed by atoms with Gasteiger partial charge in [0.25, 0.3) is 0 Å². The lowest BCUT2D eigenvalue weighted by molar-refractivity contribution is 0.259. The molecule has 0 atom stereocenters. The third-order valence-electron chi connectivity index (χ3n) is 2.98. The molecule has 5 nitrogen and oxygen atoms in total. The molecular formula is C15H22N4O. The minimum atomic E-state index is -0.573. The van der Waals surface area contributed by atoms with Crippen LogP contribution in [0, 0.1) is 6.92 Å². The molecule has 0 bridgehead atoms. The minimum absolute atomic E-state index is 0.538. The van der Waals surface area contributed by atoms with Crippen LogP contribution in [0.15, 0.2) is 28.8 Å². The van der Waals surface area contributed by atoms with Crippen molar-refractivity contribution in [3.8, 4) is 0 Å². The third-order valence-corrected chi connectivity index (χ3v) is 2.98. The van der Waals surface area contributed by atoms with Gasteiger partial charge in [-0.2, -0.15) is 4.98 Å². The normalized spacial score (nSPS) is 12.1. The van der Waals surface area contributed by atoms with E-state index in [4.69, 9.17) is 10.3 Å². The van der Waals surface area contributed by atoms with Crippen molar-refractivity contribution in [1.82, 2.24) is 15.0 Å². The summed E-state index contributed by atoms with van der Waals surface area (Å²) in [5, 5.41) is 3.92. The van der Waals surface area contributed by atoms with Crippen molar-refractivity contribution in [2.24, 2.45) is 5.73 Å². The van der Waals surface area contributed by atoms with Crippen molar-refractivity contribution in [2.45, 2.75) is 39.4 Å². The van der Waals surface area contributed by atoms with Crippen molar-refractivity contribution < 1.29 is 4.52 Å². The number of hydrogen-bond acceptors (Lipinski definition) is 5. The SMILES string of the molecule is Cc1cccc(CN(C)Cc2nc(C(C)(C)N)no2)c1. The molecule has 5 heteroatoms. The van der Waals surface area contributed by atoms with Crippen LogP contribution in [0.5, 0.6) is 0 Å². The van der Waals surface area contributed by atoms with Crippen molar-refractivity contribution >= 4 is 0 Å². The highest BCUT2D eigenvalue weighted by atomic mass is 16.5. The molecule has 2 aromatic rings. The third kappa shape index (κ3) is 3.88. The van der Waals surface area contributed by atoms with Gasteiger partial charge in [0.05, 0.1) is 12.1 Å². The summed E-state index contributed by atoms with van der Waals surface area (Å²) in [4.78, 5) is 6.47. The zero-order valence-electron chi connectivity index (χ0n) is 12.6. The first-order chi connectivity index (χ1) is 9.34. The van der Waals surface area contributed by atoms with Crippen LogP contribution in [-0.2, 0) is 18.6 Å². The van der Waals surface area contributed by atoms with E-state index >= 15 is 0 Å². The maximum absolute atomic E-state index is 5.94. The minimum Gasteiger partial charge on any atom is -0.338 e. The smallest absolute Gasteiger partial charge is 0.240 e. The van der Waals surface area contributed by atoms with Gasteiger partial charge in [0.2, 0.25) is 5.89 Å². The molecule has 2 N–H and O–H groups in total. The largest absolute Gasteiger partial charge is 0.338 e. The van der Waals surface area contributed by atoms with Crippen LogP contribution in [0.4, 0.5) is 0 Å². The van der Waals surface area contributed by atoms with Crippen molar-refractivity contribution in [2.75, 3.05) is 7.05 Å². The van der Waals surface area contributed by atoms with Crippen molar-refractivity contribution in [3.05, 3.63) is 47.1 Å². The lowest BCUT2D eigenvalue weighted by Crippen LogP contribution is -2.30. The number of aromatic nitrogens is 2. The van der Waals surface area contributed by atoms with Crippen molar-refractivity contribution in [3.63, 3.8) is 0 Å². The van der Waals surface area contributed by atoms with Gasteiger partial charge in [-0.3, -0.25) is 4.90 Å². The summed E-state index contributed by atoms with van der Waals surface area (Å²) in [6.07, 6.45) is 0. The second-order valence-corrected chi connectivity index (χ2v) is 5.89. The van der Waals surface area contributed by atoms with E-state index in [0.29, 0.717) is 18.3 Å². The molecule has 0 spiro atoms. The second-order valence-electron chi connectivity index (χ2n) is 5.89. The Kier molecular flexibility index (Phi) is 4.20. The quantitative estimate of drug-likeness (QED) is 0.905. The van der Waals surface area contributed by atoms with Crippen LogP contribution in [0.1, 0.15) is 36.7 Å². The Labute approximate surface area is 119 Å². The maximum atomic E-state index is 5.94. The van der Waals surface area contributed by atoms with E-state index in [-0.39, 0.29) is 0 Å². The molecule has 1 aromatic carbocycles. The maximum Gasteiger partial charge on any atom is 0.240 e. The van der Waals surface area contributed by atoms with Gasteiger partial charge in [0.1, 0.15) is 0 Å². The summed E-state index contributed by atoms with van der Waals surface area (Å²) in [6, 6.07) is 8.46. The molecule has 1 heterocycles. The van der Waals surface area contributed by atoms with E-state index in [9.17, 15) is 0 Å². The number of hydrogen-bond donors (Lipinski definition) is 1. The van der Waals surface area contributed by atoms with Crippen LogP contribution >= 0.6 is 0 Å². The molecule has 0 aliphatic rings. The van der Waals surface area contributed by atoms with Gasteiger partial charge in [-0.05, 0) is 33.4 Å². The first kappa shape index (κ1) is 14.7. The summed E-state index contributed by atoms with van der Waals surface area (Å²) in [7, 11) is 2.03. The van der Waals surface area contributed by atoms with Crippen LogP contribution in [0.3, 0.4) is 0 Å². The monoisotopic (exact) mass is 274 g/mol. The zero-order chi connectivity index (χ0) is 14.8. The molecule has 0 unspecified atom stereocenters. The molecule has 1 aromatic heterocycles. The number of rotatable bonds is 5.